The molecule has 0 aliphatic rings. The fourth-order valence-electron chi connectivity index (χ4n) is 0.972. The van der Waals surface area contributed by atoms with Crippen LogP contribution in [0.15, 0.2) is 23.1 Å². The van der Waals surface area contributed by atoms with Crippen molar-refractivity contribution in [2.75, 3.05) is 7.11 Å². The minimum absolute atomic E-state index is 0.0755. The van der Waals surface area contributed by atoms with Gasteiger partial charge in [-0.15, -0.1) is 0 Å². The highest BCUT2D eigenvalue weighted by atomic mass is 32.2. The van der Waals surface area contributed by atoms with Crippen molar-refractivity contribution in [2.24, 2.45) is 5.14 Å². The van der Waals surface area contributed by atoms with Crippen LogP contribution in [0.25, 0.3) is 0 Å². The van der Waals surface area contributed by atoms with E-state index in [4.69, 9.17) is 15.1 Å². The summed E-state index contributed by atoms with van der Waals surface area (Å²) in [4.78, 5) is -0.126. The van der Waals surface area contributed by atoms with Gasteiger partial charge in [0.1, 0.15) is 10.6 Å². The molecule has 0 bridgehead atoms. The minimum Gasteiger partial charge on any atom is -0.495 e. The first-order valence-corrected chi connectivity index (χ1v) is 5.14. The fraction of sp³-hybridized carbons (Fsp3) is 0.125. The molecule has 0 radical (unpaired) electrons. The zero-order valence-electron chi connectivity index (χ0n) is 7.39. The Balaban J connectivity index is 3.42. The molecule has 14 heavy (non-hydrogen) atoms. The van der Waals surface area contributed by atoms with Gasteiger partial charge >= 0.3 is 0 Å². The molecule has 0 aliphatic carbocycles. The number of ether oxygens (including phenoxy) is 1. The van der Waals surface area contributed by atoms with Crippen LogP contribution in [0.5, 0.6) is 5.75 Å². The Hall–Kier alpha value is -1.58. The predicted molar refractivity (Wildman–Crippen MR) is 49.1 cm³/mol. The summed E-state index contributed by atoms with van der Waals surface area (Å²) >= 11 is 0. The first-order valence-electron chi connectivity index (χ1n) is 3.60. The third-order valence-corrected chi connectivity index (χ3v) is 2.55. The molecule has 5 nitrogen and oxygen atoms in total. The highest BCUT2D eigenvalue weighted by Gasteiger charge is 2.14. The number of rotatable bonds is 2. The summed E-state index contributed by atoms with van der Waals surface area (Å²) in [7, 11) is -2.49. The second-order valence-corrected chi connectivity index (χ2v) is 4.05. The van der Waals surface area contributed by atoms with Crippen molar-refractivity contribution in [3.8, 4) is 11.8 Å². The van der Waals surface area contributed by atoms with Crippen molar-refractivity contribution in [1.82, 2.24) is 0 Å². The van der Waals surface area contributed by atoms with E-state index in [2.05, 4.69) is 0 Å². The number of primary sulfonamides is 1. The average Bonchev–Trinajstić information content (AvgIpc) is 2.15. The van der Waals surface area contributed by atoms with Crippen LogP contribution in [0.3, 0.4) is 0 Å². The molecular weight excluding hydrogens is 204 g/mol. The summed E-state index contributed by atoms with van der Waals surface area (Å²) in [5.41, 5.74) is 0.314. The van der Waals surface area contributed by atoms with E-state index in [1.54, 1.807) is 0 Å². The second-order valence-electron chi connectivity index (χ2n) is 2.52. The van der Waals surface area contributed by atoms with E-state index in [0.717, 1.165) is 0 Å². The number of nitrogens with zero attached hydrogens (tertiary/aromatic N) is 1. The van der Waals surface area contributed by atoms with E-state index >= 15 is 0 Å². The molecule has 1 aromatic rings. The highest BCUT2D eigenvalue weighted by Crippen LogP contribution is 2.23. The summed E-state index contributed by atoms with van der Waals surface area (Å²) in [5.74, 6) is 0.0755. The average molecular weight is 212 g/mol. The Kier molecular flexibility index (Phi) is 2.74. The molecule has 0 aromatic heterocycles. The molecule has 6 heteroatoms. The normalized spacial score (nSPS) is 10.6. The molecule has 1 rings (SSSR count). The van der Waals surface area contributed by atoms with Gasteiger partial charge in [-0.2, -0.15) is 5.26 Å². The third kappa shape index (κ3) is 2.02. The van der Waals surface area contributed by atoms with Crippen molar-refractivity contribution in [1.29, 1.82) is 5.26 Å². The van der Waals surface area contributed by atoms with E-state index in [1.165, 1.54) is 25.3 Å². The van der Waals surface area contributed by atoms with Crippen LogP contribution >= 0.6 is 0 Å². The lowest BCUT2D eigenvalue weighted by Gasteiger charge is -2.05. The zero-order valence-corrected chi connectivity index (χ0v) is 8.21. The molecule has 0 saturated carbocycles. The Morgan fingerprint density at radius 2 is 2.14 bits per heavy atom. The predicted octanol–water partition coefficient (Wildman–Crippen LogP) is 0.214. The maximum Gasteiger partial charge on any atom is 0.241 e. The van der Waals surface area contributed by atoms with Crippen LogP contribution in [0.1, 0.15) is 5.56 Å². The van der Waals surface area contributed by atoms with Gasteiger partial charge in [-0.1, -0.05) is 0 Å². The molecule has 74 valence electrons. The molecule has 0 fully saturated rings. The summed E-state index contributed by atoms with van der Waals surface area (Å²) in [5, 5.41) is 13.5. The first kappa shape index (κ1) is 10.5. The van der Waals surface area contributed by atoms with Gasteiger partial charge in [-0.05, 0) is 18.2 Å². The summed E-state index contributed by atoms with van der Waals surface area (Å²) in [6.07, 6.45) is 0. The minimum atomic E-state index is -3.80. The molecule has 2 N–H and O–H groups in total. The highest BCUT2D eigenvalue weighted by molar-refractivity contribution is 7.89. The largest absolute Gasteiger partial charge is 0.495 e. The number of nitrogens with two attached hydrogens (primary N) is 1. The van der Waals surface area contributed by atoms with E-state index < -0.39 is 10.0 Å². The molecule has 0 saturated heterocycles. The Labute approximate surface area is 81.8 Å². The maximum atomic E-state index is 11.0. The van der Waals surface area contributed by atoms with Gasteiger partial charge in [0, 0.05) is 0 Å². The van der Waals surface area contributed by atoms with Crippen LogP contribution in [-0.4, -0.2) is 15.5 Å². The maximum absolute atomic E-state index is 11.0. The third-order valence-electron chi connectivity index (χ3n) is 1.60. The molecule has 0 heterocycles. The smallest absolute Gasteiger partial charge is 0.241 e. The quantitative estimate of drug-likeness (QED) is 0.758. The van der Waals surface area contributed by atoms with Gasteiger partial charge in [0.2, 0.25) is 10.0 Å². The van der Waals surface area contributed by atoms with Crippen molar-refractivity contribution in [3.63, 3.8) is 0 Å². The zero-order chi connectivity index (χ0) is 10.8. The first-order chi connectivity index (χ1) is 6.49. The fourth-order valence-corrected chi connectivity index (χ4v) is 1.65. The number of hydrogen-bond acceptors (Lipinski definition) is 4. The van der Waals surface area contributed by atoms with Gasteiger partial charge in [0.25, 0.3) is 0 Å². The molecule has 0 spiro atoms. The number of nitriles is 1. The number of methoxy groups -OCH3 is 1. The molecular formula is C8H8N2O3S. The Morgan fingerprint density at radius 3 is 2.57 bits per heavy atom. The van der Waals surface area contributed by atoms with Crippen molar-refractivity contribution in [3.05, 3.63) is 23.8 Å². The molecule has 0 aliphatic heterocycles. The van der Waals surface area contributed by atoms with Gasteiger partial charge in [-0.25, -0.2) is 13.6 Å². The van der Waals surface area contributed by atoms with Crippen LogP contribution < -0.4 is 9.88 Å². The summed E-state index contributed by atoms with van der Waals surface area (Å²) < 4.78 is 26.9. The van der Waals surface area contributed by atoms with Crippen LogP contribution in [0.2, 0.25) is 0 Å². The number of benzene rings is 1. The van der Waals surface area contributed by atoms with Gasteiger partial charge < -0.3 is 4.74 Å². The summed E-state index contributed by atoms with van der Waals surface area (Å²) in [6, 6.07) is 5.79. The number of hydrogen-bond donors (Lipinski definition) is 1. The Morgan fingerprint density at radius 1 is 1.50 bits per heavy atom. The molecule has 0 unspecified atom stereocenters. The van der Waals surface area contributed by atoms with E-state index in [1.807, 2.05) is 6.07 Å². The number of sulfonamides is 1. The lowest BCUT2D eigenvalue weighted by Crippen LogP contribution is -2.13. The van der Waals surface area contributed by atoms with Crippen LogP contribution in [-0.2, 0) is 10.0 Å². The standard InChI is InChI=1S/C8H8N2O3S/c1-13-7-4-6(5-9)2-3-8(7)14(10,11)12/h2-4H,1H3,(H2,10,11,12). The van der Waals surface area contributed by atoms with E-state index in [-0.39, 0.29) is 10.6 Å². The van der Waals surface area contributed by atoms with Crippen molar-refractivity contribution >= 4 is 10.0 Å². The monoisotopic (exact) mass is 212 g/mol. The van der Waals surface area contributed by atoms with Gasteiger partial charge in [-0.3, -0.25) is 0 Å². The van der Waals surface area contributed by atoms with E-state index in [0.29, 0.717) is 5.56 Å². The van der Waals surface area contributed by atoms with E-state index in [9.17, 15) is 8.42 Å². The van der Waals surface area contributed by atoms with Gasteiger partial charge in [0.05, 0.1) is 18.7 Å². The molecule has 1 aromatic carbocycles. The van der Waals surface area contributed by atoms with Crippen LogP contribution in [0, 0.1) is 11.3 Å². The lowest BCUT2D eigenvalue weighted by atomic mass is 10.2. The van der Waals surface area contributed by atoms with Gasteiger partial charge in [0.15, 0.2) is 0 Å². The molecule has 0 atom stereocenters. The van der Waals surface area contributed by atoms with Crippen LogP contribution in [0.4, 0.5) is 0 Å². The lowest BCUT2D eigenvalue weighted by molar-refractivity contribution is 0.402. The Bertz CT molecular complexity index is 488. The summed E-state index contributed by atoms with van der Waals surface area (Å²) in [6.45, 7) is 0. The SMILES string of the molecule is COc1cc(C#N)ccc1S(N)(=O)=O. The second kappa shape index (κ2) is 3.65. The van der Waals surface area contributed by atoms with Crippen molar-refractivity contribution in [2.45, 2.75) is 4.90 Å². The topological polar surface area (TPSA) is 93.2 Å². The molecule has 0 amide bonds. The van der Waals surface area contributed by atoms with Crippen molar-refractivity contribution < 1.29 is 13.2 Å².